The lowest BCUT2D eigenvalue weighted by molar-refractivity contribution is -0.695. The second-order valence-corrected chi connectivity index (χ2v) is 8.98. The van der Waals surface area contributed by atoms with Crippen LogP contribution < -0.4 is 14.4 Å². The van der Waals surface area contributed by atoms with Crippen molar-refractivity contribution in [2.45, 2.75) is 38.5 Å². The Hall–Kier alpha value is -4.47. The summed E-state index contributed by atoms with van der Waals surface area (Å²) in [5, 5.41) is 24.8. The van der Waals surface area contributed by atoms with Gasteiger partial charge in [0.05, 0.1) is 17.5 Å². The molecule has 2 atom stereocenters. The van der Waals surface area contributed by atoms with Crippen molar-refractivity contribution in [2.75, 3.05) is 6.54 Å². The van der Waals surface area contributed by atoms with Gasteiger partial charge in [0.25, 0.3) is 11.6 Å². The van der Waals surface area contributed by atoms with Gasteiger partial charge in [-0.15, -0.1) is 0 Å². The normalized spacial score (nSPS) is 20.4. The largest absolute Gasteiger partial charge is 0.872 e. The Morgan fingerprint density at radius 3 is 2.69 bits per heavy atom. The fourth-order valence-electron chi connectivity index (χ4n) is 4.83. The number of carbonyl (C=O) groups is 2. The molecule has 1 fully saturated rings. The first-order chi connectivity index (χ1) is 17.3. The highest BCUT2D eigenvalue weighted by atomic mass is 16.6. The summed E-state index contributed by atoms with van der Waals surface area (Å²) < 4.78 is 7.62. The molecule has 2 aliphatic heterocycles. The average molecular weight is 489 g/mol. The number of likely N-dealkylation sites (tertiary alicyclic amines) is 1. The number of aromatic nitrogens is 2. The summed E-state index contributed by atoms with van der Waals surface area (Å²) in [7, 11) is 0. The monoisotopic (exact) mass is 488 g/mol. The number of nitro groups is 1. The van der Waals surface area contributed by atoms with Gasteiger partial charge >= 0.3 is 0 Å². The summed E-state index contributed by atoms with van der Waals surface area (Å²) in [4.78, 5) is 41.2. The van der Waals surface area contributed by atoms with E-state index in [0.29, 0.717) is 36.3 Å². The van der Waals surface area contributed by atoms with Crippen molar-refractivity contribution >= 4 is 23.1 Å². The number of aromatic amines is 1. The quantitative estimate of drug-likeness (QED) is 0.135. The van der Waals surface area contributed by atoms with Gasteiger partial charge in [-0.1, -0.05) is 11.8 Å². The van der Waals surface area contributed by atoms with Crippen molar-refractivity contribution < 1.29 is 28.9 Å². The van der Waals surface area contributed by atoms with Gasteiger partial charge in [0.2, 0.25) is 12.1 Å². The summed E-state index contributed by atoms with van der Waals surface area (Å²) >= 11 is 0. The summed E-state index contributed by atoms with van der Waals surface area (Å²) in [5.41, 5.74) is 1.38. The zero-order valence-corrected chi connectivity index (χ0v) is 19.5. The summed E-state index contributed by atoms with van der Waals surface area (Å²) in [5.74, 6) is -1.42. The Labute approximate surface area is 206 Å². The van der Waals surface area contributed by atoms with E-state index in [4.69, 9.17) is 4.74 Å². The highest BCUT2D eigenvalue weighted by Gasteiger charge is 2.44. The molecular weight excluding hydrogens is 464 g/mol. The first kappa shape index (κ1) is 23.3. The third kappa shape index (κ3) is 4.21. The first-order valence-electron chi connectivity index (χ1n) is 11.7. The summed E-state index contributed by atoms with van der Waals surface area (Å²) in [6.07, 6.45) is 6.59. The minimum absolute atomic E-state index is 0.00561. The molecule has 3 aromatic rings. The van der Waals surface area contributed by atoms with Crippen LogP contribution in [-0.4, -0.2) is 39.1 Å². The Bertz CT molecular complexity index is 1360. The standard InChI is InChI=1S/C26H24N4O6/c1-16-13-19-14-18(5-8-21(19)36-16)24(31)22-23(17-3-6-20(7-4-17)30(34)35)29(26(33)25(22)32)11-2-10-28-12-9-27-15-28/h3-9,12,14-16,23H,2,10-11,13H2,1H3,(H,31,32). The second-order valence-electron chi connectivity index (χ2n) is 8.98. The van der Waals surface area contributed by atoms with Gasteiger partial charge in [0, 0.05) is 37.1 Å². The maximum Gasteiger partial charge on any atom is 0.295 e. The Kier molecular flexibility index (Phi) is 6.01. The topological polar surface area (TPSA) is 132 Å². The number of fused-ring (bicyclic) bond motifs is 1. The molecular formula is C26H24N4O6. The van der Waals surface area contributed by atoms with Gasteiger partial charge < -0.3 is 14.7 Å². The molecule has 1 aromatic heterocycles. The van der Waals surface area contributed by atoms with Crippen molar-refractivity contribution in [3.8, 4) is 5.75 Å². The molecule has 0 radical (unpaired) electrons. The van der Waals surface area contributed by atoms with E-state index in [0.717, 1.165) is 5.56 Å². The Morgan fingerprint density at radius 2 is 2.00 bits per heavy atom. The SMILES string of the molecule is CC1Cc2cc(/C([O-])=C3\C(=O)C(=O)N(CCC[n+]4cc[nH]c4)C3c3ccc([N+](=O)[O-])cc3)ccc2O1. The molecule has 3 heterocycles. The van der Waals surface area contributed by atoms with Gasteiger partial charge in [0.15, 0.2) is 0 Å². The van der Waals surface area contributed by atoms with Crippen molar-refractivity contribution in [3.63, 3.8) is 0 Å². The number of nitrogens with zero attached hydrogens (tertiary/aromatic N) is 3. The Balaban J connectivity index is 1.54. The maximum absolute atomic E-state index is 13.7. The lowest BCUT2D eigenvalue weighted by Crippen LogP contribution is -2.36. The van der Waals surface area contributed by atoms with Crippen molar-refractivity contribution in [1.82, 2.24) is 9.88 Å². The van der Waals surface area contributed by atoms with E-state index in [-0.39, 0.29) is 23.9 Å². The number of H-pyrrole nitrogens is 1. The number of benzene rings is 2. The van der Waals surface area contributed by atoms with E-state index in [9.17, 15) is 24.8 Å². The van der Waals surface area contributed by atoms with Crippen molar-refractivity contribution in [1.29, 1.82) is 0 Å². The van der Waals surface area contributed by atoms with E-state index in [1.165, 1.54) is 29.2 Å². The molecule has 2 aromatic carbocycles. The fraction of sp³-hybridized carbons (Fsp3) is 0.269. The number of ether oxygens (including phenoxy) is 1. The molecule has 1 N–H and O–H groups in total. The number of nitrogens with one attached hydrogen (secondary N) is 1. The fourth-order valence-corrected chi connectivity index (χ4v) is 4.83. The van der Waals surface area contributed by atoms with Gasteiger partial charge in [0.1, 0.15) is 24.2 Å². The van der Waals surface area contributed by atoms with E-state index in [2.05, 4.69) is 4.98 Å². The molecule has 0 saturated carbocycles. The number of aryl methyl sites for hydroxylation is 1. The minimum Gasteiger partial charge on any atom is -0.872 e. The summed E-state index contributed by atoms with van der Waals surface area (Å²) in [6, 6.07) is 9.70. The predicted molar refractivity (Wildman–Crippen MR) is 125 cm³/mol. The van der Waals surface area contributed by atoms with Crippen LogP contribution in [0.1, 0.15) is 36.1 Å². The molecule has 0 spiro atoms. The number of amides is 1. The summed E-state index contributed by atoms with van der Waals surface area (Å²) in [6.45, 7) is 2.77. The van der Waals surface area contributed by atoms with Crippen LogP contribution in [0.25, 0.3) is 5.76 Å². The molecule has 5 rings (SSSR count). The zero-order chi connectivity index (χ0) is 25.4. The van der Waals surface area contributed by atoms with Crippen molar-refractivity contribution in [3.05, 3.63) is 93.6 Å². The number of carbonyl (C=O) groups excluding carboxylic acids is 2. The molecule has 10 nitrogen and oxygen atoms in total. The van der Waals surface area contributed by atoms with Gasteiger partial charge in [-0.25, -0.2) is 4.57 Å². The maximum atomic E-state index is 13.7. The molecule has 0 aliphatic carbocycles. The van der Waals surface area contributed by atoms with Crippen LogP contribution in [0.2, 0.25) is 0 Å². The lowest BCUT2D eigenvalue weighted by Gasteiger charge is -2.27. The van der Waals surface area contributed by atoms with Gasteiger partial charge in [-0.05, 0) is 47.9 Å². The number of non-ortho nitro benzene ring substituents is 1. The number of nitro benzene ring substituents is 1. The number of imidazole rings is 1. The molecule has 36 heavy (non-hydrogen) atoms. The van der Waals surface area contributed by atoms with Crippen LogP contribution in [0.15, 0.2) is 66.8 Å². The number of hydrogen-bond acceptors (Lipinski definition) is 6. The van der Waals surface area contributed by atoms with Crippen LogP contribution >= 0.6 is 0 Å². The zero-order valence-electron chi connectivity index (χ0n) is 19.5. The van der Waals surface area contributed by atoms with E-state index < -0.39 is 28.4 Å². The van der Waals surface area contributed by atoms with Crippen LogP contribution in [-0.2, 0) is 22.6 Å². The van der Waals surface area contributed by atoms with E-state index in [1.807, 2.05) is 17.7 Å². The Morgan fingerprint density at radius 1 is 1.22 bits per heavy atom. The minimum atomic E-state index is -0.932. The van der Waals surface area contributed by atoms with Crippen LogP contribution in [0.4, 0.5) is 5.69 Å². The third-order valence-corrected chi connectivity index (χ3v) is 6.53. The van der Waals surface area contributed by atoms with E-state index >= 15 is 0 Å². The molecule has 0 bridgehead atoms. The third-order valence-electron chi connectivity index (χ3n) is 6.53. The highest BCUT2D eigenvalue weighted by Crippen LogP contribution is 2.40. The van der Waals surface area contributed by atoms with Crippen molar-refractivity contribution in [2.24, 2.45) is 0 Å². The van der Waals surface area contributed by atoms with Crippen LogP contribution in [0, 0.1) is 10.1 Å². The lowest BCUT2D eigenvalue weighted by atomic mass is 9.94. The number of Topliss-reactive ketones (excluding diaryl/α,β-unsaturated/α-hetero) is 1. The first-order valence-corrected chi connectivity index (χ1v) is 11.7. The number of ketones is 1. The molecule has 10 heteroatoms. The smallest absolute Gasteiger partial charge is 0.295 e. The van der Waals surface area contributed by atoms with E-state index in [1.54, 1.807) is 30.7 Å². The molecule has 2 aliphatic rings. The second kappa shape index (κ2) is 9.29. The average Bonchev–Trinajstić information content (AvgIpc) is 3.57. The molecule has 2 unspecified atom stereocenters. The van der Waals surface area contributed by atoms with Crippen LogP contribution in [0.5, 0.6) is 5.75 Å². The number of rotatable bonds is 7. The van der Waals surface area contributed by atoms with Gasteiger partial charge in [-0.3, -0.25) is 24.7 Å². The van der Waals surface area contributed by atoms with Crippen LogP contribution in [0.3, 0.4) is 0 Å². The predicted octanol–water partition coefficient (Wildman–Crippen LogP) is 1.85. The number of hydrogen-bond donors (Lipinski definition) is 1. The molecule has 184 valence electrons. The van der Waals surface area contributed by atoms with Gasteiger partial charge in [-0.2, -0.15) is 0 Å². The molecule has 1 saturated heterocycles. The molecule has 1 amide bonds. The highest BCUT2D eigenvalue weighted by molar-refractivity contribution is 6.46.